The number of nitrogens with zero attached hydrogens (tertiary/aromatic N) is 1. The minimum Gasteiger partial charge on any atom is -0.482 e. The SMILES string of the molecule is Cc1ccc(Cl)c(OCC(=O)NCc2nc3ccccc3s2)c1. The number of fused-ring (bicyclic) bond motifs is 1. The summed E-state index contributed by atoms with van der Waals surface area (Å²) in [5.41, 5.74) is 1.98. The fourth-order valence-electron chi connectivity index (χ4n) is 2.09. The van der Waals surface area contributed by atoms with Gasteiger partial charge in [-0.15, -0.1) is 11.3 Å². The third kappa shape index (κ3) is 4.00. The molecule has 0 radical (unpaired) electrons. The lowest BCUT2D eigenvalue weighted by Gasteiger charge is -2.08. The van der Waals surface area contributed by atoms with Crippen molar-refractivity contribution in [2.75, 3.05) is 6.61 Å². The van der Waals surface area contributed by atoms with Crippen molar-refractivity contribution in [3.8, 4) is 5.75 Å². The summed E-state index contributed by atoms with van der Waals surface area (Å²) in [5, 5.41) is 4.17. The van der Waals surface area contributed by atoms with E-state index in [0.717, 1.165) is 20.8 Å². The van der Waals surface area contributed by atoms with Crippen LogP contribution in [-0.4, -0.2) is 17.5 Å². The van der Waals surface area contributed by atoms with Gasteiger partial charge in [0.1, 0.15) is 10.8 Å². The summed E-state index contributed by atoms with van der Waals surface area (Å²) in [7, 11) is 0. The highest BCUT2D eigenvalue weighted by Gasteiger charge is 2.08. The molecule has 1 amide bonds. The molecule has 0 spiro atoms. The largest absolute Gasteiger partial charge is 0.482 e. The van der Waals surface area contributed by atoms with Crippen molar-refractivity contribution in [3.05, 3.63) is 58.1 Å². The van der Waals surface area contributed by atoms with Gasteiger partial charge < -0.3 is 10.1 Å². The van der Waals surface area contributed by atoms with E-state index in [4.69, 9.17) is 16.3 Å². The highest BCUT2D eigenvalue weighted by atomic mass is 35.5. The molecule has 0 bridgehead atoms. The summed E-state index contributed by atoms with van der Waals surface area (Å²) < 4.78 is 6.58. The Morgan fingerprint density at radius 1 is 1.30 bits per heavy atom. The number of carbonyl (C=O) groups is 1. The average molecular weight is 347 g/mol. The summed E-state index contributed by atoms with van der Waals surface area (Å²) >= 11 is 7.60. The van der Waals surface area contributed by atoms with Crippen molar-refractivity contribution in [3.63, 3.8) is 0 Å². The van der Waals surface area contributed by atoms with Gasteiger partial charge in [0.25, 0.3) is 5.91 Å². The van der Waals surface area contributed by atoms with E-state index in [9.17, 15) is 4.79 Å². The Morgan fingerprint density at radius 3 is 2.96 bits per heavy atom. The fourth-order valence-corrected chi connectivity index (χ4v) is 3.16. The van der Waals surface area contributed by atoms with Crippen LogP contribution < -0.4 is 10.1 Å². The smallest absolute Gasteiger partial charge is 0.258 e. The number of amides is 1. The number of rotatable bonds is 5. The molecule has 0 unspecified atom stereocenters. The van der Waals surface area contributed by atoms with E-state index in [0.29, 0.717) is 17.3 Å². The maximum Gasteiger partial charge on any atom is 0.258 e. The third-order valence-electron chi connectivity index (χ3n) is 3.22. The zero-order valence-electron chi connectivity index (χ0n) is 12.5. The van der Waals surface area contributed by atoms with Crippen LogP contribution in [0, 0.1) is 6.92 Å². The number of halogens is 1. The molecule has 1 aromatic heterocycles. The second-order valence-electron chi connectivity index (χ2n) is 5.07. The van der Waals surface area contributed by atoms with Crippen LogP contribution in [0.4, 0.5) is 0 Å². The van der Waals surface area contributed by atoms with Crippen LogP contribution in [0.1, 0.15) is 10.6 Å². The molecule has 0 aliphatic heterocycles. The second kappa shape index (κ2) is 6.98. The number of aryl methyl sites for hydroxylation is 1. The lowest BCUT2D eigenvalue weighted by Crippen LogP contribution is -2.28. The summed E-state index contributed by atoms with van der Waals surface area (Å²) in [6.07, 6.45) is 0. The van der Waals surface area contributed by atoms with Crippen LogP contribution in [0.15, 0.2) is 42.5 Å². The lowest BCUT2D eigenvalue weighted by molar-refractivity contribution is -0.123. The first-order valence-corrected chi connectivity index (χ1v) is 8.31. The highest BCUT2D eigenvalue weighted by Crippen LogP contribution is 2.25. The molecule has 3 aromatic rings. The Balaban J connectivity index is 1.54. The quantitative estimate of drug-likeness (QED) is 0.761. The summed E-state index contributed by atoms with van der Waals surface area (Å²) in [6.45, 7) is 2.26. The van der Waals surface area contributed by atoms with Gasteiger partial charge in [-0.3, -0.25) is 4.79 Å². The van der Waals surface area contributed by atoms with Gasteiger partial charge in [-0.05, 0) is 36.8 Å². The molecule has 1 heterocycles. The first kappa shape index (κ1) is 15.8. The van der Waals surface area contributed by atoms with E-state index in [1.165, 1.54) is 0 Å². The normalized spacial score (nSPS) is 10.7. The van der Waals surface area contributed by atoms with Crippen LogP contribution in [-0.2, 0) is 11.3 Å². The molecule has 118 valence electrons. The van der Waals surface area contributed by atoms with Crippen molar-refractivity contribution in [2.24, 2.45) is 0 Å². The van der Waals surface area contributed by atoms with Gasteiger partial charge in [0.15, 0.2) is 6.61 Å². The van der Waals surface area contributed by atoms with Gasteiger partial charge in [0.05, 0.1) is 21.8 Å². The van der Waals surface area contributed by atoms with Gasteiger partial charge in [-0.25, -0.2) is 4.98 Å². The van der Waals surface area contributed by atoms with E-state index < -0.39 is 0 Å². The molecule has 0 aliphatic carbocycles. The van der Waals surface area contributed by atoms with Crippen molar-refractivity contribution in [1.29, 1.82) is 0 Å². The maximum atomic E-state index is 11.9. The number of nitrogens with one attached hydrogen (secondary N) is 1. The molecule has 0 fully saturated rings. The predicted octanol–water partition coefficient (Wildman–Crippen LogP) is 3.95. The third-order valence-corrected chi connectivity index (χ3v) is 4.57. The first-order valence-electron chi connectivity index (χ1n) is 7.12. The molecule has 1 N–H and O–H groups in total. The van der Waals surface area contributed by atoms with Gasteiger partial charge in [-0.1, -0.05) is 29.8 Å². The van der Waals surface area contributed by atoms with E-state index in [1.54, 1.807) is 17.4 Å². The van der Waals surface area contributed by atoms with Crippen LogP contribution >= 0.6 is 22.9 Å². The van der Waals surface area contributed by atoms with Crippen molar-refractivity contribution in [2.45, 2.75) is 13.5 Å². The monoisotopic (exact) mass is 346 g/mol. The highest BCUT2D eigenvalue weighted by molar-refractivity contribution is 7.18. The number of benzene rings is 2. The summed E-state index contributed by atoms with van der Waals surface area (Å²) in [6, 6.07) is 13.4. The molecule has 0 atom stereocenters. The van der Waals surface area contributed by atoms with Crippen LogP contribution in [0.3, 0.4) is 0 Å². The van der Waals surface area contributed by atoms with Crippen LogP contribution in [0.2, 0.25) is 5.02 Å². The molecule has 4 nitrogen and oxygen atoms in total. The zero-order valence-corrected chi connectivity index (χ0v) is 14.1. The average Bonchev–Trinajstić information content (AvgIpc) is 2.96. The number of para-hydroxylation sites is 1. The molecule has 23 heavy (non-hydrogen) atoms. The molecule has 0 saturated carbocycles. The Bertz CT molecular complexity index is 814. The van der Waals surface area contributed by atoms with Gasteiger partial charge >= 0.3 is 0 Å². The molecule has 3 rings (SSSR count). The minimum absolute atomic E-state index is 0.0753. The number of ether oxygens (including phenoxy) is 1. The van der Waals surface area contributed by atoms with Gasteiger partial charge in [-0.2, -0.15) is 0 Å². The fraction of sp³-hybridized carbons (Fsp3) is 0.176. The number of thiazole rings is 1. The Hall–Kier alpha value is -2.11. The van der Waals surface area contributed by atoms with Gasteiger partial charge in [0, 0.05) is 0 Å². The van der Waals surface area contributed by atoms with Crippen LogP contribution in [0.5, 0.6) is 5.75 Å². The minimum atomic E-state index is -0.207. The van der Waals surface area contributed by atoms with Gasteiger partial charge in [0.2, 0.25) is 0 Å². The first-order chi connectivity index (χ1) is 11.1. The van der Waals surface area contributed by atoms with E-state index in [2.05, 4.69) is 10.3 Å². The Kier molecular flexibility index (Phi) is 4.79. The van der Waals surface area contributed by atoms with E-state index in [1.807, 2.05) is 43.3 Å². The number of aromatic nitrogens is 1. The lowest BCUT2D eigenvalue weighted by atomic mass is 10.2. The second-order valence-corrected chi connectivity index (χ2v) is 6.60. The molecule has 2 aromatic carbocycles. The number of hydrogen-bond donors (Lipinski definition) is 1. The molecule has 0 aliphatic rings. The zero-order chi connectivity index (χ0) is 16.2. The molecule has 0 saturated heterocycles. The van der Waals surface area contributed by atoms with Crippen molar-refractivity contribution in [1.82, 2.24) is 10.3 Å². The van der Waals surface area contributed by atoms with Crippen molar-refractivity contribution >= 4 is 39.1 Å². The molecular formula is C17H15ClN2O2S. The van der Waals surface area contributed by atoms with Crippen LogP contribution in [0.25, 0.3) is 10.2 Å². The maximum absolute atomic E-state index is 11.9. The van der Waals surface area contributed by atoms with E-state index in [-0.39, 0.29) is 12.5 Å². The Morgan fingerprint density at radius 2 is 2.13 bits per heavy atom. The standard InChI is InChI=1S/C17H15ClN2O2S/c1-11-6-7-12(18)14(8-11)22-10-16(21)19-9-17-20-13-4-2-3-5-15(13)23-17/h2-8H,9-10H2,1H3,(H,19,21). The number of hydrogen-bond acceptors (Lipinski definition) is 4. The summed E-state index contributed by atoms with van der Waals surface area (Å²) in [5.74, 6) is 0.309. The van der Waals surface area contributed by atoms with E-state index >= 15 is 0 Å². The molecular weight excluding hydrogens is 332 g/mol. The topological polar surface area (TPSA) is 51.2 Å². The summed E-state index contributed by atoms with van der Waals surface area (Å²) in [4.78, 5) is 16.4. The Labute approximate surface area is 143 Å². The molecule has 6 heteroatoms. The van der Waals surface area contributed by atoms with Crippen molar-refractivity contribution < 1.29 is 9.53 Å². The number of carbonyl (C=O) groups excluding carboxylic acids is 1. The predicted molar refractivity (Wildman–Crippen MR) is 93.2 cm³/mol.